The maximum absolute atomic E-state index is 12.1. The van der Waals surface area contributed by atoms with Crippen molar-refractivity contribution in [2.75, 3.05) is 10.6 Å². The number of benzene rings is 1. The Morgan fingerprint density at radius 1 is 1.08 bits per heavy atom. The predicted octanol–water partition coefficient (Wildman–Crippen LogP) is 3.56. The Balaban J connectivity index is 1.58. The van der Waals surface area contributed by atoms with Crippen molar-refractivity contribution in [3.8, 4) is 0 Å². The van der Waals surface area contributed by atoms with E-state index in [0.717, 1.165) is 17.0 Å². The average Bonchev–Trinajstić information content (AvgIpc) is 3.24. The number of hydrogen-bond acceptors (Lipinski definition) is 5. The Labute approximate surface area is 158 Å². The number of carbonyl (C=O) groups is 2. The molecule has 0 saturated carbocycles. The summed E-state index contributed by atoms with van der Waals surface area (Å²) in [5.74, 6) is -0.375. The Morgan fingerprint density at radius 2 is 1.85 bits per heavy atom. The smallest absolute Gasteiger partial charge is 0.307 e. The van der Waals surface area contributed by atoms with E-state index in [2.05, 4.69) is 10.6 Å². The number of thiazole rings is 1. The van der Waals surface area contributed by atoms with Gasteiger partial charge in [0.25, 0.3) is 5.91 Å². The Kier molecular flexibility index (Phi) is 5.65. The van der Waals surface area contributed by atoms with Gasteiger partial charge in [0, 0.05) is 35.4 Å². The lowest BCUT2D eigenvalue weighted by atomic mass is 10.2. The molecule has 0 aliphatic carbocycles. The molecule has 0 aliphatic rings. The summed E-state index contributed by atoms with van der Waals surface area (Å²) in [4.78, 5) is 36.5. The van der Waals surface area contributed by atoms with E-state index in [-0.39, 0.29) is 23.1 Å². The highest BCUT2D eigenvalue weighted by Crippen LogP contribution is 2.18. The molecule has 0 radical (unpaired) electrons. The first kappa shape index (κ1) is 18.1. The average molecular weight is 387 g/mol. The van der Waals surface area contributed by atoms with E-state index in [1.54, 1.807) is 40.3 Å². The molecule has 3 rings (SSSR count). The molecule has 0 atom stereocenters. The first-order valence-corrected chi connectivity index (χ1v) is 9.68. The minimum atomic E-state index is -0.191. The molecule has 0 spiro atoms. The fourth-order valence-corrected chi connectivity index (χ4v) is 3.77. The van der Waals surface area contributed by atoms with Gasteiger partial charge in [0.15, 0.2) is 0 Å². The normalized spacial score (nSPS) is 10.5. The number of carbonyl (C=O) groups excluding carboxylic acids is 2. The molecule has 134 valence electrons. The van der Waals surface area contributed by atoms with Gasteiger partial charge < -0.3 is 15.2 Å². The summed E-state index contributed by atoms with van der Waals surface area (Å²) in [6, 6.07) is 10.5. The maximum atomic E-state index is 12.1. The number of thiophene rings is 1. The molecule has 0 unspecified atom stereocenters. The van der Waals surface area contributed by atoms with Gasteiger partial charge in [-0.25, -0.2) is 0 Å². The molecular formula is C18H17N3O3S2. The van der Waals surface area contributed by atoms with E-state index in [0.29, 0.717) is 22.8 Å². The van der Waals surface area contributed by atoms with Crippen LogP contribution in [-0.2, 0) is 11.3 Å². The molecule has 8 heteroatoms. The molecule has 0 bridgehead atoms. The Hall–Kier alpha value is -2.71. The first-order chi connectivity index (χ1) is 12.5. The van der Waals surface area contributed by atoms with Crippen LogP contribution in [0.5, 0.6) is 0 Å². The van der Waals surface area contributed by atoms with Crippen molar-refractivity contribution >= 4 is 45.9 Å². The lowest BCUT2D eigenvalue weighted by molar-refractivity contribution is -0.116. The number of rotatable bonds is 6. The SMILES string of the molecule is Cc1csc(=O)n1CCC(=O)Nc1cccc(NC(=O)c2cccs2)c1. The van der Waals surface area contributed by atoms with E-state index >= 15 is 0 Å². The summed E-state index contributed by atoms with van der Waals surface area (Å²) in [7, 11) is 0. The molecule has 2 N–H and O–H groups in total. The largest absolute Gasteiger partial charge is 0.326 e. The number of nitrogens with one attached hydrogen (secondary N) is 2. The van der Waals surface area contributed by atoms with Gasteiger partial charge in [-0.3, -0.25) is 14.4 Å². The summed E-state index contributed by atoms with van der Waals surface area (Å²) in [5.41, 5.74) is 2.05. The fourth-order valence-electron chi connectivity index (χ4n) is 2.39. The van der Waals surface area contributed by atoms with Crippen LogP contribution in [0.25, 0.3) is 0 Å². The predicted molar refractivity (Wildman–Crippen MR) is 105 cm³/mol. The summed E-state index contributed by atoms with van der Waals surface area (Å²) in [5, 5.41) is 9.21. The number of aromatic nitrogens is 1. The molecule has 2 aromatic heterocycles. The van der Waals surface area contributed by atoms with E-state index < -0.39 is 0 Å². The zero-order valence-corrected chi connectivity index (χ0v) is 15.7. The van der Waals surface area contributed by atoms with Gasteiger partial charge in [0.05, 0.1) is 4.88 Å². The molecular weight excluding hydrogens is 370 g/mol. The second-order valence-electron chi connectivity index (χ2n) is 5.61. The van der Waals surface area contributed by atoms with E-state index in [1.807, 2.05) is 18.4 Å². The third kappa shape index (κ3) is 4.47. The van der Waals surface area contributed by atoms with Crippen molar-refractivity contribution in [3.63, 3.8) is 0 Å². The molecule has 0 saturated heterocycles. The zero-order chi connectivity index (χ0) is 18.5. The van der Waals surface area contributed by atoms with Crippen molar-refractivity contribution < 1.29 is 9.59 Å². The highest BCUT2D eigenvalue weighted by molar-refractivity contribution is 7.12. The van der Waals surface area contributed by atoms with E-state index in [1.165, 1.54) is 11.3 Å². The zero-order valence-electron chi connectivity index (χ0n) is 14.0. The standard InChI is InChI=1S/C18H17N3O3S2/c1-12-11-26-18(24)21(12)8-7-16(22)19-13-4-2-5-14(10-13)20-17(23)15-6-3-9-25-15/h2-6,9-11H,7-8H2,1H3,(H,19,22)(H,20,23). The van der Waals surface area contributed by atoms with Crippen LogP contribution in [0.4, 0.5) is 11.4 Å². The number of nitrogens with zero attached hydrogens (tertiary/aromatic N) is 1. The molecule has 6 nitrogen and oxygen atoms in total. The summed E-state index contributed by atoms with van der Waals surface area (Å²) in [6.45, 7) is 2.18. The maximum Gasteiger partial charge on any atom is 0.307 e. The molecule has 26 heavy (non-hydrogen) atoms. The second kappa shape index (κ2) is 8.11. The minimum Gasteiger partial charge on any atom is -0.326 e. The van der Waals surface area contributed by atoms with Gasteiger partial charge in [0.2, 0.25) is 5.91 Å². The Bertz CT molecular complexity index is 974. The third-order valence-electron chi connectivity index (χ3n) is 3.69. The minimum absolute atomic E-state index is 0.0615. The summed E-state index contributed by atoms with van der Waals surface area (Å²) >= 11 is 2.49. The fraction of sp³-hybridized carbons (Fsp3) is 0.167. The van der Waals surface area contributed by atoms with Crippen molar-refractivity contribution in [1.82, 2.24) is 4.57 Å². The van der Waals surface area contributed by atoms with E-state index in [4.69, 9.17) is 0 Å². The molecule has 3 aromatic rings. The van der Waals surface area contributed by atoms with Crippen LogP contribution in [0, 0.1) is 6.92 Å². The molecule has 0 aliphatic heterocycles. The van der Waals surface area contributed by atoms with Gasteiger partial charge >= 0.3 is 4.87 Å². The molecule has 2 amide bonds. The topological polar surface area (TPSA) is 80.2 Å². The van der Waals surface area contributed by atoms with Crippen molar-refractivity contribution in [3.05, 3.63) is 67.4 Å². The van der Waals surface area contributed by atoms with Crippen molar-refractivity contribution in [2.24, 2.45) is 0 Å². The van der Waals surface area contributed by atoms with E-state index in [9.17, 15) is 14.4 Å². The molecule has 0 fully saturated rings. The van der Waals surface area contributed by atoms with Crippen LogP contribution in [0.15, 0.2) is 52.0 Å². The number of amides is 2. The van der Waals surface area contributed by atoms with Gasteiger partial charge in [-0.15, -0.1) is 11.3 Å². The number of aryl methyl sites for hydroxylation is 1. The quantitative estimate of drug-likeness (QED) is 0.679. The van der Waals surface area contributed by atoms with Crippen LogP contribution >= 0.6 is 22.7 Å². The molecule has 2 heterocycles. The van der Waals surface area contributed by atoms with Gasteiger partial charge in [0.1, 0.15) is 0 Å². The lowest BCUT2D eigenvalue weighted by Crippen LogP contribution is -2.20. The van der Waals surface area contributed by atoms with Gasteiger partial charge in [-0.05, 0) is 36.6 Å². The highest BCUT2D eigenvalue weighted by atomic mass is 32.1. The van der Waals surface area contributed by atoms with Crippen LogP contribution in [0.2, 0.25) is 0 Å². The van der Waals surface area contributed by atoms with Crippen LogP contribution in [0.3, 0.4) is 0 Å². The van der Waals surface area contributed by atoms with Crippen LogP contribution in [-0.4, -0.2) is 16.4 Å². The highest BCUT2D eigenvalue weighted by Gasteiger charge is 2.09. The van der Waals surface area contributed by atoms with Gasteiger partial charge in [-0.1, -0.05) is 23.5 Å². The number of hydrogen-bond donors (Lipinski definition) is 2. The van der Waals surface area contributed by atoms with Crippen LogP contribution in [0.1, 0.15) is 21.8 Å². The summed E-state index contributed by atoms with van der Waals surface area (Å²) < 4.78 is 1.59. The molecule has 1 aromatic carbocycles. The lowest BCUT2D eigenvalue weighted by Gasteiger charge is -2.09. The number of anilines is 2. The first-order valence-electron chi connectivity index (χ1n) is 7.92. The van der Waals surface area contributed by atoms with Crippen molar-refractivity contribution in [2.45, 2.75) is 19.9 Å². The summed E-state index contributed by atoms with van der Waals surface area (Å²) in [6.07, 6.45) is 0.198. The van der Waals surface area contributed by atoms with Crippen LogP contribution < -0.4 is 15.5 Å². The monoisotopic (exact) mass is 387 g/mol. The van der Waals surface area contributed by atoms with Crippen molar-refractivity contribution in [1.29, 1.82) is 0 Å². The second-order valence-corrected chi connectivity index (χ2v) is 7.37. The third-order valence-corrected chi connectivity index (χ3v) is 5.44. The Morgan fingerprint density at radius 3 is 2.50 bits per heavy atom. The van der Waals surface area contributed by atoms with Gasteiger partial charge in [-0.2, -0.15) is 0 Å².